The Morgan fingerprint density at radius 3 is 2.35 bits per heavy atom. The van der Waals surface area contributed by atoms with Gasteiger partial charge in [0.15, 0.2) is 6.10 Å². The number of nitrogens with one attached hydrogen (secondary N) is 1. The summed E-state index contributed by atoms with van der Waals surface area (Å²) in [6, 6.07) is 15.5. The van der Waals surface area contributed by atoms with Gasteiger partial charge >= 0.3 is 5.97 Å². The number of carbonyl (C=O) groups excluding carboxylic acids is 2. The van der Waals surface area contributed by atoms with Crippen molar-refractivity contribution in [2.75, 3.05) is 12.4 Å². The number of anilines is 1. The third-order valence-electron chi connectivity index (χ3n) is 3.47. The van der Waals surface area contributed by atoms with Crippen LogP contribution in [0.2, 0.25) is 0 Å². The van der Waals surface area contributed by atoms with E-state index < -0.39 is 18.0 Å². The monoisotopic (exact) mass is 350 g/mol. The highest BCUT2D eigenvalue weighted by Gasteiger charge is 2.16. The lowest BCUT2D eigenvalue weighted by Gasteiger charge is -2.12. The SMILES string of the molecule is COc1ccc(NC(=O)[C@@H](C)OC(=O)/C=C/c2ccc(C#N)cc2)cc1. The van der Waals surface area contributed by atoms with Crippen molar-refractivity contribution in [1.82, 2.24) is 0 Å². The number of hydrogen-bond acceptors (Lipinski definition) is 5. The minimum atomic E-state index is -0.949. The Morgan fingerprint density at radius 1 is 1.12 bits per heavy atom. The van der Waals surface area contributed by atoms with Crippen LogP contribution in [0.25, 0.3) is 6.08 Å². The first-order valence-corrected chi connectivity index (χ1v) is 7.85. The first-order valence-electron chi connectivity index (χ1n) is 7.85. The average Bonchev–Trinajstić information content (AvgIpc) is 2.67. The van der Waals surface area contributed by atoms with Gasteiger partial charge in [-0.05, 0) is 55.0 Å². The van der Waals surface area contributed by atoms with Crippen LogP contribution in [0.15, 0.2) is 54.6 Å². The van der Waals surface area contributed by atoms with Gasteiger partial charge in [0, 0.05) is 11.8 Å². The van der Waals surface area contributed by atoms with E-state index in [0.29, 0.717) is 17.0 Å². The van der Waals surface area contributed by atoms with E-state index in [2.05, 4.69) is 5.32 Å². The summed E-state index contributed by atoms with van der Waals surface area (Å²) in [5, 5.41) is 11.4. The first-order chi connectivity index (χ1) is 12.5. The van der Waals surface area contributed by atoms with Gasteiger partial charge in [0.1, 0.15) is 5.75 Å². The molecule has 0 saturated carbocycles. The molecule has 1 N–H and O–H groups in total. The molecule has 6 heteroatoms. The van der Waals surface area contributed by atoms with E-state index >= 15 is 0 Å². The standard InChI is InChI=1S/C20H18N2O4/c1-14(20(24)22-17-8-10-18(25-2)11-9-17)26-19(23)12-7-15-3-5-16(13-21)6-4-15/h3-12,14H,1-2H3,(H,22,24)/b12-7+/t14-/m1/s1. The molecule has 0 aliphatic rings. The second-order valence-corrected chi connectivity index (χ2v) is 5.36. The number of benzene rings is 2. The van der Waals surface area contributed by atoms with E-state index in [0.717, 1.165) is 5.56 Å². The highest BCUT2D eigenvalue weighted by atomic mass is 16.5. The van der Waals surface area contributed by atoms with Gasteiger partial charge in [-0.3, -0.25) is 4.79 Å². The van der Waals surface area contributed by atoms with Crippen molar-refractivity contribution in [3.63, 3.8) is 0 Å². The molecule has 2 aromatic carbocycles. The molecule has 2 aromatic rings. The molecule has 0 unspecified atom stereocenters. The molecule has 0 spiro atoms. The van der Waals surface area contributed by atoms with Crippen LogP contribution < -0.4 is 10.1 Å². The van der Waals surface area contributed by atoms with Gasteiger partial charge in [-0.25, -0.2) is 4.79 Å². The summed E-state index contributed by atoms with van der Waals surface area (Å²) in [4.78, 5) is 23.9. The molecule has 26 heavy (non-hydrogen) atoms. The number of esters is 1. The number of methoxy groups -OCH3 is 1. The Bertz CT molecular complexity index is 834. The maximum absolute atomic E-state index is 12.1. The topological polar surface area (TPSA) is 88.4 Å². The Labute approximate surface area is 151 Å². The number of nitrogens with zero attached hydrogens (tertiary/aromatic N) is 1. The summed E-state index contributed by atoms with van der Waals surface area (Å²) >= 11 is 0. The zero-order chi connectivity index (χ0) is 18.9. The van der Waals surface area contributed by atoms with Crippen LogP contribution in [0.5, 0.6) is 5.75 Å². The van der Waals surface area contributed by atoms with E-state index in [-0.39, 0.29) is 0 Å². The van der Waals surface area contributed by atoms with Crippen LogP contribution in [0, 0.1) is 11.3 Å². The smallest absolute Gasteiger partial charge is 0.331 e. The van der Waals surface area contributed by atoms with Gasteiger partial charge in [0.05, 0.1) is 18.7 Å². The Morgan fingerprint density at radius 2 is 1.77 bits per heavy atom. The maximum atomic E-state index is 12.1. The fourth-order valence-electron chi connectivity index (χ4n) is 2.02. The van der Waals surface area contributed by atoms with Crippen LogP contribution in [0.3, 0.4) is 0 Å². The highest BCUT2D eigenvalue weighted by Crippen LogP contribution is 2.15. The van der Waals surface area contributed by atoms with Crippen LogP contribution in [-0.2, 0) is 14.3 Å². The maximum Gasteiger partial charge on any atom is 0.331 e. The van der Waals surface area contributed by atoms with Crippen LogP contribution in [-0.4, -0.2) is 25.1 Å². The number of ether oxygens (including phenoxy) is 2. The second kappa shape index (κ2) is 9.04. The lowest BCUT2D eigenvalue weighted by Crippen LogP contribution is -2.29. The van der Waals surface area contributed by atoms with Gasteiger partial charge in [-0.2, -0.15) is 5.26 Å². The van der Waals surface area contributed by atoms with E-state index in [1.54, 1.807) is 61.7 Å². The molecule has 1 atom stereocenters. The predicted molar refractivity (Wildman–Crippen MR) is 97.4 cm³/mol. The molecule has 1 amide bonds. The van der Waals surface area contributed by atoms with Gasteiger partial charge in [-0.15, -0.1) is 0 Å². The molecule has 6 nitrogen and oxygen atoms in total. The molecule has 0 aliphatic carbocycles. The van der Waals surface area contributed by atoms with Gasteiger partial charge < -0.3 is 14.8 Å². The normalized spacial score (nSPS) is 11.4. The van der Waals surface area contributed by atoms with Crippen molar-refractivity contribution in [2.45, 2.75) is 13.0 Å². The van der Waals surface area contributed by atoms with Crippen molar-refractivity contribution in [3.05, 3.63) is 65.7 Å². The summed E-state index contributed by atoms with van der Waals surface area (Å²) in [6.45, 7) is 1.49. The number of hydrogen-bond donors (Lipinski definition) is 1. The fraction of sp³-hybridized carbons (Fsp3) is 0.150. The van der Waals surface area contributed by atoms with Gasteiger partial charge in [0.25, 0.3) is 5.91 Å². The van der Waals surface area contributed by atoms with Gasteiger partial charge in [-0.1, -0.05) is 12.1 Å². The molecule has 2 rings (SSSR count). The summed E-state index contributed by atoms with van der Waals surface area (Å²) < 4.78 is 10.1. The number of rotatable bonds is 6. The average molecular weight is 350 g/mol. The zero-order valence-corrected chi connectivity index (χ0v) is 14.4. The van der Waals surface area contributed by atoms with E-state index in [1.807, 2.05) is 6.07 Å². The number of amides is 1. The largest absolute Gasteiger partial charge is 0.497 e. The van der Waals surface area contributed by atoms with Crippen molar-refractivity contribution < 1.29 is 19.1 Å². The van der Waals surface area contributed by atoms with Crippen LogP contribution in [0.4, 0.5) is 5.69 Å². The third-order valence-corrected chi connectivity index (χ3v) is 3.47. The minimum Gasteiger partial charge on any atom is -0.497 e. The van der Waals surface area contributed by atoms with Crippen molar-refractivity contribution >= 4 is 23.6 Å². The Balaban J connectivity index is 1.87. The van der Waals surface area contributed by atoms with E-state index in [9.17, 15) is 9.59 Å². The summed E-state index contributed by atoms with van der Waals surface area (Å²) in [5.74, 6) is -0.391. The van der Waals surface area contributed by atoms with E-state index in [4.69, 9.17) is 14.7 Å². The van der Waals surface area contributed by atoms with Crippen LogP contribution >= 0.6 is 0 Å². The van der Waals surface area contributed by atoms with Gasteiger partial charge in [0.2, 0.25) is 0 Å². The lowest BCUT2D eigenvalue weighted by atomic mass is 10.1. The molecule has 0 aliphatic heterocycles. The molecule has 0 radical (unpaired) electrons. The van der Waals surface area contributed by atoms with Crippen molar-refractivity contribution in [3.8, 4) is 11.8 Å². The summed E-state index contributed by atoms with van der Waals surface area (Å²) in [5.41, 5.74) is 1.86. The minimum absolute atomic E-state index is 0.435. The molecule has 0 fully saturated rings. The van der Waals surface area contributed by atoms with Crippen LogP contribution in [0.1, 0.15) is 18.1 Å². The van der Waals surface area contributed by atoms with Crippen molar-refractivity contribution in [2.24, 2.45) is 0 Å². The molecule has 0 heterocycles. The molecule has 0 aromatic heterocycles. The number of nitriles is 1. The zero-order valence-electron chi connectivity index (χ0n) is 14.4. The van der Waals surface area contributed by atoms with E-state index in [1.165, 1.54) is 13.0 Å². The molecule has 0 bridgehead atoms. The third kappa shape index (κ3) is 5.49. The Hall–Kier alpha value is -3.59. The fourth-order valence-corrected chi connectivity index (χ4v) is 2.02. The number of carbonyl (C=O) groups is 2. The molecular weight excluding hydrogens is 332 g/mol. The van der Waals surface area contributed by atoms with Crippen molar-refractivity contribution in [1.29, 1.82) is 5.26 Å². The lowest BCUT2D eigenvalue weighted by molar-refractivity contribution is -0.148. The first kappa shape index (κ1) is 18.7. The summed E-state index contributed by atoms with van der Waals surface area (Å²) in [7, 11) is 1.56. The summed E-state index contributed by atoms with van der Waals surface area (Å²) in [6.07, 6.45) is 1.84. The molecular formula is C20H18N2O4. The highest BCUT2D eigenvalue weighted by molar-refractivity contribution is 5.96. The molecule has 0 saturated heterocycles. The predicted octanol–water partition coefficient (Wildman–Crippen LogP) is 3.15. The quantitative estimate of drug-likeness (QED) is 0.639. The Kier molecular flexibility index (Phi) is 6.52. The second-order valence-electron chi connectivity index (χ2n) is 5.36. The molecule has 132 valence electrons.